The van der Waals surface area contributed by atoms with Gasteiger partial charge in [0.25, 0.3) is 0 Å². The second-order valence-corrected chi connectivity index (χ2v) is 14.0. The number of para-hydroxylation sites is 2. The number of hydrogen-bond donors (Lipinski definition) is 1. The molecule has 0 atom stereocenters. The SMILES string of the molecule is CC(C)(C)c1cc(-c2nc(C3CCN(C(=O)Cn4c(=O)[nH]c5ccccc54)CC3)sc2Cl)nc(C(C)(C)C)n1. The van der Waals surface area contributed by atoms with Gasteiger partial charge >= 0.3 is 5.69 Å². The van der Waals surface area contributed by atoms with Gasteiger partial charge in [0.05, 0.1) is 27.4 Å². The van der Waals surface area contributed by atoms with Gasteiger partial charge in [-0.15, -0.1) is 11.3 Å². The summed E-state index contributed by atoms with van der Waals surface area (Å²) in [6.45, 7) is 14.0. The van der Waals surface area contributed by atoms with Crippen LogP contribution in [0.25, 0.3) is 22.4 Å². The van der Waals surface area contributed by atoms with Crippen molar-refractivity contribution in [3.8, 4) is 11.4 Å². The third-order valence-electron chi connectivity index (χ3n) is 7.18. The van der Waals surface area contributed by atoms with Crippen LogP contribution in [0.1, 0.15) is 76.8 Å². The molecule has 5 rings (SSSR count). The first-order chi connectivity index (χ1) is 18.3. The van der Waals surface area contributed by atoms with Crippen molar-refractivity contribution in [3.05, 3.63) is 61.7 Å². The number of hydrogen-bond acceptors (Lipinski definition) is 6. The highest BCUT2D eigenvalue weighted by atomic mass is 35.5. The highest BCUT2D eigenvalue weighted by Gasteiger charge is 2.29. The van der Waals surface area contributed by atoms with E-state index in [4.69, 9.17) is 26.6 Å². The van der Waals surface area contributed by atoms with Gasteiger partial charge in [0.1, 0.15) is 22.4 Å². The number of amides is 1. The molecule has 1 saturated heterocycles. The van der Waals surface area contributed by atoms with Crippen LogP contribution in [0.2, 0.25) is 4.34 Å². The van der Waals surface area contributed by atoms with Crippen molar-refractivity contribution in [2.45, 2.75) is 77.7 Å². The summed E-state index contributed by atoms with van der Waals surface area (Å²) in [5, 5.41) is 0.975. The number of piperidine rings is 1. The van der Waals surface area contributed by atoms with Gasteiger partial charge in [-0.2, -0.15) is 0 Å². The van der Waals surface area contributed by atoms with Gasteiger partial charge in [0.2, 0.25) is 5.91 Å². The molecule has 1 amide bonds. The third-order valence-corrected chi connectivity index (χ3v) is 8.60. The molecule has 3 aromatic heterocycles. The number of fused-ring (bicyclic) bond motifs is 1. The van der Waals surface area contributed by atoms with Crippen LogP contribution >= 0.6 is 22.9 Å². The molecular weight excluding hydrogens is 532 g/mol. The molecule has 10 heteroatoms. The molecule has 4 aromatic rings. The van der Waals surface area contributed by atoms with Gasteiger partial charge in [0, 0.05) is 29.8 Å². The lowest BCUT2D eigenvalue weighted by Crippen LogP contribution is -2.40. The Hall–Kier alpha value is -3.04. The Labute approximate surface area is 237 Å². The van der Waals surface area contributed by atoms with Crippen LogP contribution in [0.4, 0.5) is 0 Å². The number of benzene rings is 1. The van der Waals surface area contributed by atoms with Crippen molar-refractivity contribution in [2.75, 3.05) is 13.1 Å². The van der Waals surface area contributed by atoms with E-state index in [-0.39, 0.29) is 34.9 Å². The summed E-state index contributed by atoms with van der Waals surface area (Å²) >= 11 is 8.25. The zero-order valence-electron chi connectivity index (χ0n) is 23.3. The molecule has 206 valence electrons. The predicted molar refractivity (Wildman–Crippen MR) is 157 cm³/mol. The minimum Gasteiger partial charge on any atom is -0.341 e. The van der Waals surface area contributed by atoms with E-state index in [9.17, 15) is 9.59 Å². The Bertz CT molecular complexity index is 1550. The second-order valence-electron chi connectivity index (χ2n) is 12.3. The highest BCUT2D eigenvalue weighted by Crippen LogP contribution is 2.39. The number of halogens is 1. The van der Waals surface area contributed by atoms with E-state index in [0.29, 0.717) is 23.1 Å². The Morgan fingerprint density at radius 2 is 1.74 bits per heavy atom. The highest BCUT2D eigenvalue weighted by molar-refractivity contribution is 7.16. The monoisotopic (exact) mass is 566 g/mol. The first-order valence-electron chi connectivity index (χ1n) is 13.3. The molecule has 0 radical (unpaired) electrons. The van der Waals surface area contributed by atoms with Gasteiger partial charge in [-0.3, -0.25) is 9.36 Å². The molecule has 1 aliphatic rings. The minimum absolute atomic E-state index is 0.0284. The molecule has 1 fully saturated rings. The topological polar surface area (TPSA) is 96.8 Å². The van der Waals surface area contributed by atoms with E-state index >= 15 is 0 Å². The number of carbonyl (C=O) groups is 1. The van der Waals surface area contributed by atoms with Crippen molar-refractivity contribution in [1.29, 1.82) is 0 Å². The van der Waals surface area contributed by atoms with Gasteiger partial charge in [-0.25, -0.2) is 19.7 Å². The average Bonchev–Trinajstić information content (AvgIpc) is 3.42. The number of H-pyrrole nitrogens is 1. The molecule has 4 heterocycles. The molecule has 0 saturated carbocycles. The summed E-state index contributed by atoms with van der Waals surface area (Å²) in [6.07, 6.45) is 1.59. The maximum atomic E-state index is 13.1. The fourth-order valence-electron chi connectivity index (χ4n) is 4.81. The third kappa shape index (κ3) is 5.65. The molecule has 0 unspecified atom stereocenters. The predicted octanol–water partition coefficient (Wildman–Crippen LogP) is 5.90. The fourth-order valence-corrected chi connectivity index (χ4v) is 6.16. The summed E-state index contributed by atoms with van der Waals surface area (Å²) in [5.74, 6) is 0.937. The van der Waals surface area contributed by atoms with E-state index in [2.05, 4.69) is 46.5 Å². The number of likely N-dealkylation sites (tertiary alicyclic amines) is 1. The summed E-state index contributed by atoms with van der Waals surface area (Å²) in [6, 6.07) is 9.43. The molecule has 39 heavy (non-hydrogen) atoms. The van der Waals surface area contributed by atoms with Gasteiger partial charge in [-0.05, 0) is 31.0 Å². The van der Waals surface area contributed by atoms with Crippen LogP contribution < -0.4 is 5.69 Å². The van der Waals surface area contributed by atoms with Crippen LogP contribution in [0, 0.1) is 0 Å². The van der Waals surface area contributed by atoms with Crippen molar-refractivity contribution in [3.63, 3.8) is 0 Å². The molecule has 1 N–H and O–H groups in total. The minimum atomic E-state index is -0.265. The first-order valence-corrected chi connectivity index (χ1v) is 14.5. The number of aromatic amines is 1. The molecular formula is C29H35ClN6O2S. The summed E-state index contributed by atoms with van der Waals surface area (Å²) in [5.41, 5.74) is 3.28. The Balaban J connectivity index is 1.32. The number of rotatable bonds is 4. The van der Waals surface area contributed by atoms with Gasteiger partial charge in [0.15, 0.2) is 0 Å². The molecule has 0 spiro atoms. The van der Waals surface area contributed by atoms with E-state index in [1.54, 1.807) is 0 Å². The first kappa shape index (κ1) is 27.5. The Morgan fingerprint density at radius 1 is 1.05 bits per heavy atom. The van der Waals surface area contributed by atoms with Crippen molar-refractivity contribution in [1.82, 2.24) is 29.4 Å². The zero-order chi connectivity index (χ0) is 28.1. The summed E-state index contributed by atoms with van der Waals surface area (Å²) in [4.78, 5) is 44.8. The average molecular weight is 567 g/mol. The molecule has 1 aromatic carbocycles. The molecule has 0 aliphatic carbocycles. The smallest absolute Gasteiger partial charge is 0.326 e. The lowest BCUT2D eigenvalue weighted by Gasteiger charge is -2.31. The molecule has 1 aliphatic heterocycles. The Morgan fingerprint density at radius 3 is 2.41 bits per heavy atom. The number of aromatic nitrogens is 5. The standard InChI is InChI=1S/C29H35ClN6O2S/c1-28(2,3)21-15-19(31-26(33-21)29(4,5)6)23-24(30)39-25(34-23)17-11-13-35(14-12-17)22(37)16-36-20-10-8-7-9-18(20)32-27(36)38/h7-10,15,17H,11-14,16H2,1-6H3,(H,32,38). The number of nitrogens with one attached hydrogen (secondary N) is 1. The molecule has 0 bridgehead atoms. The van der Waals surface area contributed by atoms with E-state index < -0.39 is 0 Å². The van der Waals surface area contributed by atoms with Crippen molar-refractivity contribution in [2.24, 2.45) is 0 Å². The second kappa shape index (κ2) is 10.2. The maximum Gasteiger partial charge on any atom is 0.326 e. The van der Waals surface area contributed by atoms with Crippen molar-refractivity contribution >= 4 is 39.9 Å². The number of imidazole rings is 1. The largest absolute Gasteiger partial charge is 0.341 e. The number of carbonyl (C=O) groups excluding carboxylic acids is 1. The lowest BCUT2D eigenvalue weighted by atomic mass is 9.89. The lowest BCUT2D eigenvalue weighted by molar-refractivity contribution is -0.132. The Kier molecular flexibility index (Phi) is 7.18. The fraction of sp³-hybridized carbons (Fsp3) is 0.483. The van der Waals surface area contributed by atoms with Gasteiger partial charge < -0.3 is 9.88 Å². The van der Waals surface area contributed by atoms with E-state index in [0.717, 1.165) is 46.1 Å². The normalized spacial score (nSPS) is 15.3. The van der Waals surface area contributed by atoms with Gasteiger partial charge in [-0.1, -0.05) is 65.3 Å². The van der Waals surface area contributed by atoms with Crippen LogP contribution in [-0.2, 0) is 22.2 Å². The summed E-state index contributed by atoms with van der Waals surface area (Å²) < 4.78 is 2.14. The van der Waals surface area contributed by atoms with E-state index in [1.807, 2.05) is 35.2 Å². The van der Waals surface area contributed by atoms with Crippen LogP contribution in [0.3, 0.4) is 0 Å². The molecule has 8 nitrogen and oxygen atoms in total. The van der Waals surface area contributed by atoms with Crippen molar-refractivity contribution < 1.29 is 4.79 Å². The number of thiazole rings is 1. The van der Waals surface area contributed by atoms with Crippen LogP contribution in [-0.4, -0.2) is 48.4 Å². The quantitative estimate of drug-likeness (QED) is 0.332. The van der Waals surface area contributed by atoms with Crippen LogP contribution in [0.15, 0.2) is 35.1 Å². The summed E-state index contributed by atoms with van der Waals surface area (Å²) in [7, 11) is 0. The van der Waals surface area contributed by atoms with Crippen LogP contribution in [0.5, 0.6) is 0 Å². The van der Waals surface area contributed by atoms with E-state index in [1.165, 1.54) is 15.9 Å². The maximum absolute atomic E-state index is 13.1. The zero-order valence-corrected chi connectivity index (χ0v) is 24.9. The number of nitrogens with zero attached hydrogens (tertiary/aromatic N) is 5.